The molecule has 2 fully saturated rings. The van der Waals surface area contributed by atoms with Gasteiger partial charge in [0.05, 0.1) is 29.2 Å². The first-order valence-corrected chi connectivity index (χ1v) is 13.3. The summed E-state index contributed by atoms with van der Waals surface area (Å²) >= 11 is 6.23. The number of carbonyl (C=O) groups excluding carboxylic acids is 2. The van der Waals surface area contributed by atoms with Gasteiger partial charge in [-0.05, 0) is 31.9 Å². The lowest BCUT2D eigenvalue weighted by Gasteiger charge is -2.22. The second-order valence-electron chi connectivity index (χ2n) is 9.11. The van der Waals surface area contributed by atoms with Crippen LogP contribution in [0.1, 0.15) is 41.4 Å². The monoisotopic (exact) mass is 492 g/mol. The highest BCUT2D eigenvalue weighted by molar-refractivity contribution is 7.91. The van der Waals surface area contributed by atoms with Crippen molar-refractivity contribution in [2.45, 2.75) is 45.8 Å². The minimum Gasteiger partial charge on any atom is -0.341 e. The van der Waals surface area contributed by atoms with Gasteiger partial charge in [0.15, 0.2) is 9.84 Å². The van der Waals surface area contributed by atoms with Crippen LogP contribution in [0.2, 0.25) is 5.02 Å². The predicted molar refractivity (Wildman–Crippen MR) is 125 cm³/mol. The van der Waals surface area contributed by atoms with E-state index < -0.39 is 15.8 Å². The lowest BCUT2D eigenvalue weighted by Crippen LogP contribution is -2.34. The third kappa shape index (κ3) is 4.94. The zero-order valence-electron chi connectivity index (χ0n) is 19.1. The fraction of sp³-hybridized carbons (Fsp3) is 0.522. The van der Waals surface area contributed by atoms with E-state index in [1.807, 2.05) is 32.0 Å². The number of halogens is 1. The van der Waals surface area contributed by atoms with Gasteiger partial charge in [0.2, 0.25) is 11.8 Å². The molecule has 0 N–H and O–H groups in total. The van der Waals surface area contributed by atoms with Crippen molar-refractivity contribution < 1.29 is 18.0 Å². The topological polar surface area (TPSA) is 92.6 Å². The molecule has 1 aromatic carbocycles. The summed E-state index contributed by atoms with van der Waals surface area (Å²) in [6.45, 7) is 4.92. The van der Waals surface area contributed by atoms with E-state index in [9.17, 15) is 18.0 Å². The largest absolute Gasteiger partial charge is 0.341 e. The highest BCUT2D eigenvalue weighted by Crippen LogP contribution is 2.28. The summed E-state index contributed by atoms with van der Waals surface area (Å²) in [5, 5.41) is 5.19. The molecule has 0 unspecified atom stereocenters. The normalized spacial score (nSPS) is 22.2. The molecule has 33 heavy (non-hydrogen) atoms. The number of sulfone groups is 1. The van der Waals surface area contributed by atoms with Crippen LogP contribution in [0.25, 0.3) is 0 Å². The number of benzene rings is 1. The molecular formula is C23H29ClN4O4S. The van der Waals surface area contributed by atoms with Crippen LogP contribution in [0.3, 0.4) is 0 Å². The van der Waals surface area contributed by atoms with Gasteiger partial charge in [-0.3, -0.25) is 14.3 Å². The Labute approximate surface area is 199 Å². The first-order chi connectivity index (χ1) is 15.6. The third-order valence-corrected chi connectivity index (χ3v) is 8.80. The van der Waals surface area contributed by atoms with Crippen molar-refractivity contribution in [3.63, 3.8) is 0 Å². The zero-order chi connectivity index (χ0) is 23.9. The highest BCUT2D eigenvalue weighted by Gasteiger charge is 2.36. The maximum Gasteiger partial charge on any atom is 0.228 e. The molecule has 10 heteroatoms. The van der Waals surface area contributed by atoms with Crippen LogP contribution in [0.15, 0.2) is 24.3 Å². The van der Waals surface area contributed by atoms with Crippen molar-refractivity contribution in [3.05, 3.63) is 51.8 Å². The number of nitrogens with zero attached hydrogens (tertiary/aromatic N) is 4. The number of hydrogen-bond donors (Lipinski definition) is 0. The van der Waals surface area contributed by atoms with E-state index in [1.165, 1.54) is 0 Å². The molecule has 0 bridgehead atoms. The minimum atomic E-state index is -3.02. The second kappa shape index (κ2) is 9.10. The average molecular weight is 493 g/mol. The van der Waals surface area contributed by atoms with Crippen molar-refractivity contribution in [2.24, 2.45) is 5.92 Å². The lowest BCUT2D eigenvalue weighted by molar-refractivity contribution is -0.135. The third-order valence-electron chi connectivity index (χ3n) is 6.68. The average Bonchev–Trinajstić information content (AvgIpc) is 3.39. The molecular weight excluding hydrogens is 464 g/mol. The van der Waals surface area contributed by atoms with Crippen LogP contribution < -0.4 is 0 Å². The van der Waals surface area contributed by atoms with E-state index in [2.05, 4.69) is 5.10 Å². The quantitative estimate of drug-likeness (QED) is 0.617. The van der Waals surface area contributed by atoms with Gasteiger partial charge >= 0.3 is 0 Å². The summed E-state index contributed by atoms with van der Waals surface area (Å²) in [7, 11) is -1.28. The van der Waals surface area contributed by atoms with Gasteiger partial charge in [-0.2, -0.15) is 5.10 Å². The Bertz CT molecular complexity index is 1190. The highest BCUT2D eigenvalue weighted by atomic mass is 35.5. The molecule has 0 radical (unpaired) electrons. The Kier molecular flexibility index (Phi) is 6.55. The number of aryl methyl sites for hydroxylation is 1. The van der Waals surface area contributed by atoms with Crippen molar-refractivity contribution in [3.8, 4) is 0 Å². The molecule has 1 aromatic heterocycles. The van der Waals surface area contributed by atoms with Crippen LogP contribution in [-0.4, -0.2) is 64.9 Å². The van der Waals surface area contributed by atoms with Gasteiger partial charge in [-0.15, -0.1) is 0 Å². The van der Waals surface area contributed by atoms with Gasteiger partial charge in [0, 0.05) is 49.4 Å². The Hall–Kier alpha value is -2.39. The van der Waals surface area contributed by atoms with E-state index in [0.29, 0.717) is 31.1 Å². The summed E-state index contributed by atoms with van der Waals surface area (Å²) in [6.07, 6.45) is 0.745. The first kappa shape index (κ1) is 23.8. The molecule has 8 nitrogen and oxygen atoms in total. The number of hydrogen-bond acceptors (Lipinski definition) is 5. The fourth-order valence-electron chi connectivity index (χ4n) is 4.80. The van der Waals surface area contributed by atoms with E-state index in [-0.39, 0.29) is 35.8 Å². The van der Waals surface area contributed by atoms with Crippen LogP contribution in [0, 0.1) is 19.8 Å². The van der Waals surface area contributed by atoms with E-state index in [0.717, 1.165) is 22.5 Å². The van der Waals surface area contributed by atoms with Crippen LogP contribution in [0.4, 0.5) is 0 Å². The van der Waals surface area contributed by atoms with Gasteiger partial charge in [0.25, 0.3) is 0 Å². The number of carbonyl (C=O) groups is 2. The maximum absolute atomic E-state index is 13.1. The SMILES string of the molecule is Cc1nn([C@@H]2CCS(=O)(=O)C2)c(C)c1CN(C)C(=O)[C@@H]1CC(=O)N(Cc2ccccc2Cl)C1. The number of amides is 2. The van der Waals surface area contributed by atoms with Crippen LogP contribution >= 0.6 is 11.6 Å². The fourth-order valence-corrected chi connectivity index (χ4v) is 6.69. The molecule has 0 spiro atoms. The van der Waals surface area contributed by atoms with Crippen molar-refractivity contribution in [1.29, 1.82) is 0 Å². The Morgan fingerprint density at radius 3 is 2.67 bits per heavy atom. The first-order valence-electron chi connectivity index (χ1n) is 11.1. The molecule has 2 aliphatic heterocycles. The molecule has 2 atom stereocenters. The van der Waals surface area contributed by atoms with Gasteiger partial charge < -0.3 is 9.80 Å². The van der Waals surface area contributed by atoms with Crippen molar-refractivity contribution >= 4 is 33.3 Å². The molecule has 0 saturated carbocycles. The van der Waals surface area contributed by atoms with E-state index in [4.69, 9.17) is 11.6 Å². The Morgan fingerprint density at radius 1 is 1.27 bits per heavy atom. The molecule has 3 heterocycles. The van der Waals surface area contributed by atoms with Gasteiger partial charge in [-0.1, -0.05) is 29.8 Å². The van der Waals surface area contributed by atoms with E-state index in [1.54, 1.807) is 27.6 Å². The number of aromatic nitrogens is 2. The molecule has 2 amide bonds. The smallest absolute Gasteiger partial charge is 0.228 e. The predicted octanol–water partition coefficient (Wildman–Crippen LogP) is 2.52. The summed E-state index contributed by atoms with van der Waals surface area (Å²) < 4.78 is 25.6. The van der Waals surface area contributed by atoms with Crippen molar-refractivity contribution in [2.75, 3.05) is 25.1 Å². The summed E-state index contributed by atoms with van der Waals surface area (Å²) in [5.41, 5.74) is 3.46. The standard InChI is InChI=1S/C23H29ClN4O4S/c1-15-20(16(2)28(25-15)19-8-9-33(31,32)14-19)13-26(3)23(30)18-10-22(29)27(12-18)11-17-6-4-5-7-21(17)24/h4-7,18-19H,8-14H2,1-3H3/t18-,19-/m1/s1. The second-order valence-corrected chi connectivity index (χ2v) is 11.7. The Morgan fingerprint density at radius 2 is 2.00 bits per heavy atom. The zero-order valence-corrected chi connectivity index (χ0v) is 20.7. The summed E-state index contributed by atoms with van der Waals surface area (Å²) in [5.74, 6) is -0.247. The molecule has 178 valence electrons. The van der Waals surface area contributed by atoms with Crippen molar-refractivity contribution in [1.82, 2.24) is 19.6 Å². The van der Waals surface area contributed by atoms with Gasteiger partial charge in [0.1, 0.15) is 0 Å². The molecule has 2 aliphatic rings. The summed E-state index contributed by atoms with van der Waals surface area (Å²) in [6, 6.07) is 7.24. The lowest BCUT2D eigenvalue weighted by atomic mass is 10.1. The molecule has 0 aliphatic carbocycles. The number of likely N-dealkylation sites (tertiary alicyclic amines) is 1. The molecule has 4 rings (SSSR count). The van der Waals surface area contributed by atoms with E-state index >= 15 is 0 Å². The van der Waals surface area contributed by atoms with Gasteiger partial charge in [-0.25, -0.2) is 8.42 Å². The molecule has 2 saturated heterocycles. The van der Waals surface area contributed by atoms with Crippen LogP contribution in [0.5, 0.6) is 0 Å². The maximum atomic E-state index is 13.1. The van der Waals surface area contributed by atoms with Crippen LogP contribution in [-0.2, 0) is 32.5 Å². The molecule has 2 aromatic rings. The Balaban J connectivity index is 1.42. The summed E-state index contributed by atoms with van der Waals surface area (Å²) in [4.78, 5) is 29.0. The minimum absolute atomic E-state index is 0.0516. The number of rotatable bonds is 6.